The van der Waals surface area contributed by atoms with Gasteiger partial charge in [-0.2, -0.15) is 0 Å². The van der Waals surface area contributed by atoms with Crippen molar-refractivity contribution in [2.24, 2.45) is 0 Å². The normalized spacial score (nSPS) is 11.2. The molecule has 0 aliphatic heterocycles. The molecule has 0 saturated carbocycles. The van der Waals surface area contributed by atoms with Crippen LogP contribution in [-0.4, -0.2) is 28.7 Å². The van der Waals surface area contributed by atoms with Gasteiger partial charge in [-0.1, -0.05) is 12.1 Å². The van der Waals surface area contributed by atoms with Crippen LogP contribution in [0.25, 0.3) is 0 Å². The van der Waals surface area contributed by atoms with Crippen molar-refractivity contribution in [2.45, 2.75) is 25.8 Å². The fraction of sp³-hybridized carbons (Fsp3) is 0.417. The minimum atomic E-state index is -0.916. The van der Waals surface area contributed by atoms with Crippen LogP contribution in [0.2, 0.25) is 0 Å². The summed E-state index contributed by atoms with van der Waals surface area (Å²) >= 11 is 0. The summed E-state index contributed by atoms with van der Waals surface area (Å²) < 4.78 is 0. The second kappa shape index (κ2) is 4.43. The lowest BCUT2D eigenvalue weighted by Gasteiger charge is -2.33. The van der Waals surface area contributed by atoms with Crippen molar-refractivity contribution in [3.63, 3.8) is 0 Å². The van der Waals surface area contributed by atoms with Crippen LogP contribution in [0.3, 0.4) is 0 Å². The Morgan fingerprint density at radius 2 is 1.88 bits per heavy atom. The number of carbonyl (C=O) groups is 1. The molecule has 3 N–H and O–H groups in total. The van der Waals surface area contributed by atoms with Gasteiger partial charge in [0.05, 0.1) is 0 Å². The highest BCUT2D eigenvalue weighted by atomic mass is 16.4. The van der Waals surface area contributed by atoms with Crippen LogP contribution in [0.5, 0.6) is 0 Å². The number of likely N-dealkylation sites (N-methyl/N-ethyl adjacent to an activating group) is 1. The number of benzene rings is 1. The molecule has 1 aromatic rings. The first-order valence-electron chi connectivity index (χ1n) is 5.14. The van der Waals surface area contributed by atoms with Crippen LogP contribution >= 0.6 is 0 Å². The van der Waals surface area contributed by atoms with Gasteiger partial charge in [0.25, 0.3) is 0 Å². The molecule has 88 valence electrons. The zero-order valence-corrected chi connectivity index (χ0v) is 9.90. The van der Waals surface area contributed by atoms with Crippen molar-refractivity contribution in [1.82, 2.24) is 4.90 Å². The van der Waals surface area contributed by atoms with Gasteiger partial charge in [-0.15, -0.1) is 0 Å². The van der Waals surface area contributed by atoms with Gasteiger partial charge in [-0.05, 0) is 38.0 Å². The van der Waals surface area contributed by atoms with Gasteiger partial charge in [0.15, 0.2) is 0 Å². The Kier molecular flexibility index (Phi) is 3.42. The van der Waals surface area contributed by atoms with E-state index < -0.39 is 11.6 Å². The largest absolute Gasteiger partial charge is 0.465 e. The van der Waals surface area contributed by atoms with E-state index in [0.717, 1.165) is 5.56 Å². The Morgan fingerprint density at radius 1 is 1.38 bits per heavy atom. The molecule has 1 amide bonds. The highest BCUT2D eigenvalue weighted by molar-refractivity contribution is 5.65. The number of hydrogen-bond donors (Lipinski definition) is 2. The molecule has 0 unspecified atom stereocenters. The summed E-state index contributed by atoms with van der Waals surface area (Å²) in [6.07, 6.45) is -0.253. The van der Waals surface area contributed by atoms with E-state index in [0.29, 0.717) is 12.1 Å². The molecular formula is C12H18N2O2. The van der Waals surface area contributed by atoms with E-state index in [1.165, 1.54) is 4.90 Å². The topological polar surface area (TPSA) is 66.6 Å². The number of hydrogen-bond acceptors (Lipinski definition) is 2. The van der Waals surface area contributed by atoms with Crippen LogP contribution in [0.15, 0.2) is 24.3 Å². The average molecular weight is 222 g/mol. The molecule has 0 aromatic heterocycles. The summed E-state index contributed by atoms with van der Waals surface area (Å²) in [5, 5.41) is 8.95. The van der Waals surface area contributed by atoms with Crippen LogP contribution in [-0.2, 0) is 6.42 Å². The maximum absolute atomic E-state index is 10.9. The standard InChI is InChI=1S/C12H18N2O2/c1-12(2,14(3)11(15)16)8-9-4-6-10(13)7-5-9/h4-7H,8,13H2,1-3H3,(H,15,16). The van der Waals surface area contributed by atoms with Crippen molar-refractivity contribution < 1.29 is 9.90 Å². The molecule has 1 aromatic carbocycles. The number of nitrogen functional groups attached to an aromatic ring is 1. The summed E-state index contributed by atoms with van der Waals surface area (Å²) in [6.45, 7) is 3.80. The third-order valence-corrected chi connectivity index (χ3v) is 2.81. The number of carboxylic acid groups (broad SMARTS) is 1. The summed E-state index contributed by atoms with van der Waals surface area (Å²) in [4.78, 5) is 12.2. The number of anilines is 1. The molecule has 4 nitrogen and oxygen atoms in total. The second-order valence-corrected chi connectivity index (χ2v) is 4.57. The zero-order chi connectivity index (χ0) is 12.3. The van der Waals surface area contributed by atoms with Gasteiger partial charge in [0.1, 0.15) is 0 Å². The van der Waals surface area contributed by atoms with Gasteiger partial charge < -0.3 is 15.7 Å². The fourth-order valence-electron chi connectivity index (χ4n) is 1.51. The summed E-state index contributed by atoms with van der Waals surface area (Å²) in [5.41, 5.74) is 6.96. The Morgan fingerprint density at radius 3 is 2.31 bits per heavy atom. The first-order valence-corrected chi connectivity index (χ1v) is 5.14. The number of amides is 1. The number of nitrogens with two attached hydrogens (primary N) is 1. The van der Waals surface area contributed by atoms with Crippen LogP contribution in [0.4, 0.5) is 10.5 Å². The molecular weight excluding hydrogens is 204 g/mol. The summed E-state index contributed by atoms with van der Waals surface area (Å²) in [5.74, 6) is 0. The quantitative estimate of drug-likeness (QED) is 0.770. The van der Waals surface area contributed by atoms with Crippen LogP contribution in [0, 0.1) is 0 Å². The SMILES string of the molecule is CN(C(=O)O)C(C)(C)Cc1ccc(N)cc1. The molecule has 0 aliphatic carbocycles. The Bertz CT molecular complexity index is 371. The van der Waals surface area contributed by atoms with E-state index in [2.05, 4.69) is 0 Å². The van der Waals surface area contributed by atoms with Crippen molar-refractivity contribution in [2.75, 3.05) is 12.8 Å². The molecule has 0 fully saturated rings. The number of nitrogens with zero attached hydrogens (tertiary/aromatic N) is 1. The third-order valence-electron chi connectivity index (χ3n) is 2.81. The lowest BCUT2D eigenvalue weighted by atomic mass is 9.93. The predicted octanol–water partition coefficient (Wildman–Crippen LogP) is 2.20. The monoisotopic (exact) mass is 222 g/mol. The highest BCUT2D eigenvalue weighted by Crippen LogP contribution is 2.19. The van der Waals surface area contributed by atoms with Gasteiger partial charge >= 0.3 is 6.09 Å². The third kappa shape index (κ3) is 2.89. The van der Waals surface area contributed by atoms with E-state index in [1.54, 1.807) is 7.05 Å². The van der Waals surface area contributed by atoms with Gasteiger partial charge in [-0.25, -0.2) is 4.79 Å². The molecule has 0 saturated heterocycles. The minimum absolute atomic E-state index is 0.429. The van der Waals surface area contributed by atoms with E-state index in [-0.39, 0.29) is 0 Å². The van der Waals surface area contributed by atoms with E-state index >= 15 is 0 Å². The van der Waals surface area contributed by atoms with Crippen molar-refractivity contribution in [1.29, 1.82) is 0 Å². The maximum atomic E-state index is 10.9. The number of rotatable bonds is 3. The molecule has 1 rings (SSSR count). The molecule has 4 heteroatoms. The average Bonchev–Trinajstić information content (AvgIpc) is 2.20. The fourth-order valence-corrected chi connectivity index (χ4v) is 1.51. The van der Waals surface area contributed by atoms with E-state index in [1.807, 2.05) is 38.1 Å². The van der Waals surface area contributed by atoms with E-state index in [9.17, 15) is 4.79 Å². The first kappa shape index (κ1) is 12.4. The molecule has 16 heavy (non-hydrogen) atoms. The molecule has 0 atom stereocenters. The zero-order valence-electron chi connectivity index (χ0n) is 9.90. The van der Waals surface area contributed by atoms with Crippen molar-refractivity contribution in [3.8, 4) is 0 Å². The molecule has 0 radical (unpaired) electrons. The molecule has 0 aliphatic rings. The predicted molar refractivity (Wildman–Crippen MR) is 64.4 cm³/mol. The van der Waals surface area contributed by atoms with Crippen molar-refractivity contribution in [3.05, 3.63) is 29.8 Å². The van der Waals surface area contributed by atoms with Crippen LogP contribution < -0.4 is 5.73 Å². The van der Waals surface area contributed by atoms with Crippen molar-refractivity contribution >= 4 is 11.8 Å². The van der Waals surface area contributed by atoms with Crippen LogP contribution in [0.1, 0.15) is 19.4 Å². The lowest BCUT2D eigenvalue weighted by molar-refractivity contribution is 0.110. The van der Waals surface area contributed by atoms with Gasteiger partial charge in [0, 0.05) is 18.3 Å². The van der Waals surface area contributed by atoms with Gasteiger partial charge in [0.2, 0.25) is 0 Å². The first-order chi connectivity index (χ1) is 7.33. The summed E-state index contributed by atoms with van der Waals surface area (Å²) in [6, 6.07) is 7.50. The molecule has 0 bridgehead atoms. The van der Waals surface area contributed by atoms with Gasteiger partial charge in [-0.3, -0.25) is 0 Å². The second-order valence-electron chi connectivity index (χ2n) is 4.57. The van der Waals surface area contributed by atoms with E-state index in [4.69, 9.17) is 10.8 Å². The smallest absolute Gasteiger partial charge is 0.407 e. The maximum Gasteiger partial charge on any atom is 0.407 e. The molecule has 0 heterocycles. The minimum Gasteiger partial charge on any atom is -0.465 e. The highest BCUT2D eigenvalue weighted by Gasteiger charge is 2.27. The lowest BCUT2D eigenvalue weighted by Crippen LogP contribution is -2.45. The molecule has 0 spiro atoms. The Balaban J connectivity index is 2.79. The Hall–Kier alpha value is -1.71. The Labute approximate surface area is 95.7 Å². The summed E-state index contributed by atoms with van der Waals surface area (Å²) in [7, 11) is 1.58.